The Balaban J connectivity index is 0.00000312. The predicted molar refractivity (Wildman–Crippen MR) is 102 cm³/mol. The molecule has 0 radical (unpaired) electrons. The van der Waals surface area contributed by atoms with E-state index in [0.717, 1.165) is 23.3 Å². The van der Waals surface area contributed by atoms with E-state index in [1.54, 1.807) is 19.2 Å². The number of nitrogens with two attached hydrogens (primary N) is 1. The summed E-state index contributed by atoms with van der Waals surface area (Å²) < 4.78 is 10.7. The molecule has 0 saturated carbocycles. The number of nitrogen functional groups attached to an aromatic ring is 1. The fourth-order valence-electron chi connectivity index (χ4n) is 2.20. The molecule has 0 bridgehead atoms. The van der Waals surface area contributed by atoms with Gasteiger partial charge in [0.2, 0.25) is 5.91 Å². The van der Waals surface area contributed by atoms with Crippen LogP contribution in [-0.4, -0.2) is 26.2 Å². The molecule has 6 heteroatoms. The zero-order chi connectivity index (χ0) is 17.2. The van der Waals surface area contributed by atoms with Gasteiger partial charge in [0.1, 0.15) is 5.75 Å². The van der Waals surface area contributed by atoms with Crippen molar-refractivity contribution in [2.24, 2.45) is 0 Å². The number of anilines is 1. The maximum absolute atomic E-state index is 11.8. The lowest BCUT2D eigenvalue weighted by Crippen LogP contribution is -2.26. The number of hydrogen-bond donors (Lipinski definition) is 2. The van der Waals surface area contributed by atoms with Gasteiger partial charge in [-0.3, -0.25) is 4.79 Å². The fraction of sp³-hybridized carbons (Fsp3) is 0.316. The Morgan fingerprint density at radius 2 is 1.68 bits per heavy atom. The Kier molecular flexibility index (Phi) is 9.43. The second-order valence-electron chi connectivity index (χ2n) is 5.52. The highest BCUT2D eigenvalue weighted by Gasteiger charge is 2.02. The molecule has 136 valence electrons. The highest BCUT2D eigenvalue weighted by molar-refractivity contribution is 5.85. The Hall–Kier alpha value is -2.24. The molecule has 0 saturated heterocycles. The number of halogens is 1. The summed E-state index contributed by atoms with van der Waals surface area (Å²) in [5.74, 6) is 0.845. The maximum atomic E-state index is 11.8. The van der Waals surface area contributed by atoms with E-state index in [0.29, 0.717) is 31.9 Å². The van der Waals surface area contributed by atoms with Crippen LogP contribution in [0.1, 0.15) is 17.5 Å². The minimum atomic E-state index is 0. The maximum Gasteiger partial charge on any atom is 0.224 e. The lowest BCUT2D eigenvalue weighted by molar-refractivity contribution is -0.120. The first-order valence-electron chi connectivity index (χ1n) is 7.99. The Morgan fingerprint density at radius 1 is 1.04 bits per heavy atom. The highest BCUT2D eigenvalue weighted by Crippen LogP contribution is 2.12. The number of ether oxygens (including phenoxy) is 2. The van der Waals surface area contributed by atoms with Crippen molar-refractivity contribution in [1.82, 2.24) is 5.32 Å². The van der Waals surface area contributed by atoms with Crippen molar-refractivity contribution < 1.29 is 14.3 Å². The number of carbonyl (C=O) groups excluding carboxylic acids is 1. The zero-order valence-electron chi connectivity index (χ0n) is 14.4. The Labute approximate surface area is 154 Å². The molecule has 2 aromatic carbocycles. The molecular formula is C19H25ClN2O3. The quantitative estimate of drug-likeness (QED) is 0.530. The van der Waals surface area contributed by atoms with E-state index in [-0.39, 0.29) is 18.3 Å². The summed E-state index contributed by atoms with van der Waals surface area (Å²) in [5, 5.41) is 2.89. The van der Waals surface area contributed by atoms with Gasteiger partial charge in [0, 0.05) is 18.8 Å². The van der Waals surface area contributed by atoms with Crippen LogP contribution in [0, 0.1) is 0 Å². The monoisotopic (exact) mass is 364 g/mol. The molecule has 25 heavy (non-hydrogen) atoms. The van der Waals surface area contributed by atoms with Gasteiger partial charge in [-0.1, -0.05) is 24.3 Å². The topological polar surface area (TPSA) is 73.6 Å². The average Bonchev–Trinajstić information content (AvgIpc) is 2.60. The van der Waals surface area contributed by atoms with E-state index in [4.69, 9.17) is 15.2 Å². The largest absolute Gasteiger partial charge is 0.497 e. The van der Waals surface area contributed by atoms with Crippen LogP contribution in [0.3, 0.4) is 0 Å². The van der Waals surface area contributed by atoms with Crippen molar-refractivity contribution in [3.05, 3.63) is 59.7 Å². The average molecular weight is 365 g/mol. The number of carbonyl (C=O) groups is 1. The number of amides is 1. The predicted octanol–water partition coefficient (Wildman–Crippen LogP) is 2.96. The number of hydrogen-bond acceptors (Lipinski definition) is 4. The summed E-state index contributed by atoms with van der Waals surface area (Å²) in [6, 6.07) is 15.1. The smallest absolute Gasteiger partial charge is 0.224 e. The SMILES string of the molecule is COc1ccc(COCCCNC(=O)Cc2ccc(N)cc2)cc1.Cl. The fourth-order valence-corrected chi connectivity index (χ4v) is 2.20. The summed E-state index contributed by atoms with van der Waals surface area (Å²) in [7, 11) is 1.65. The van der Waals surface area contributed by atoms with Gasteiger partial charge in [0.25, 0.3) is 0 Å². The van der Waals surface area contributed by atoms with Crippen molar-refractivity contribution >= 4 is 24.0 Å². The van der Waals surface area contributed by atoms with Crippen LogP contribution in [0.15, 0.2) is 48.5 Å². The van der Waals surface area contributed by atoms with Crippen LogP contribution in [-0.2, 0) is 22.6 Å². The molecule has 0 atom stereocenters. The van der Waals surface area contributed by atoms with Crippen LogP contribution in [0.4, 0.5) is 5.69 Å². The van der Waals surface area contributed by atoms with Crippen molar-refractivity contribution in [3.8, 4) is 5.75 Å². The van der Waals surface area contributed by atoms with Gasteiger partial charge < -0.3 is 20.5 Å². The standard InChI is InChI=1S/C19H24N2O3.ClH/c1-23-18-9-5-16(6-10-18)14-24-12-2-11-21-19(22)13-15-3-7-17(20)8-4-15;/h3-10H,2,11-14,20H2,1H3,(H,21,22);1H. The molecule has 0 aliphatic carbocycles. The van der Waals surface area contributed by atoms with Crippen molar-refractivity contribution in [2.45, 2.75) is 19.4 Å². The van der Waals surface area contributed by atoms with E-state index in [9.17, 15) is 4.79 Å². The van der Waals surface area contributed by atoms with Gasteiger partial charge in [-0.25, -0.2) is 0 Å². The second kappa shape index (κ2) is 11.3. The van der Waals surface area contributed by atoms with Crippen molar-refractivity contribution in [2.75, 3.05) is 26.0 Å². The molecular weight excluding hydrogens is 340 g/mol. The van der Waals surface area contributed by atoms with Gasteiger partial charge in [0.05, 0.1) is 20.1 Å². The first-order valence-corrected chi connectivity index (χ1v) is 7.99. The Bertz CT molecular complexity index is 630. The lowest BCUT2D eigenvalue weighted by Gasteiger charge is -2.07. The summed E-state index contributed by atoms with van der Waals surface area (Å²) >= 11 is 0. The van der Waals surface area contributed by atoms with E-state index >= 15 is 0 Å². The molecule has 0 heterocycles. The van der Waals surface area contributed by atoms with Crippen LogP contribution in [0.25, 0.3) is 0 Å². The van der Waals surface area contributed by atoms with Crippen LogP contribution in [0.5, 0.6) is 5.75 Å². The minimum absolute atomic E-state index is 0. The molecule has 0 unspecified atom stereocenters. The number of nitrogens with one attached hydrogen (secondary N) is 1. The highest BCUT2D eigenvalue weighted by atomic mass is 35.5. The summed E-state index contributed by atoms with van der Waals surface area (Å²) in [5.41, 5.74) is 8.38. The van der Waals surface area contributed by atoms with Gasteiger partial charge in [-0.05, 0) is 41.8 Å². The van der Waals surface area contributed by atoms with Crippen LogP contribution >= 0.6 is 12.4 Å². The van der Waals surface area contributed by atoms with Crippen LogP contribution in [0.2, 0.25) is 0 Å². The molecule has 2 rings (SSSR count). The van der Waals surface area contributed by atoms with Crippen LogP contribution < -0.4 is 15.8 Å². The normalized spacial score (nSPS) is 9.96. The third-order valence-corrected chi connectivity index (χ3v) is 3.56. The first kappa shape index (κ1) is 20.8. The third kappa shape index (κ3) is 7.92. The number of methoxy groups -OCH3 is 1. The van der Waals surface area contributed by atoms with E-state index in [1.165, 1.54) is 0 Å². The summed E-state index contributed by atoms with van der Waals surface area (Å²) in [4.78, 5) is 11.8. The number of benzene rings is 2. The summed E-state index contributed by atoms with van der Waals surface area (Å²) in [6.45, 7) is 1.77. The molecule has 0 aliphatic rings. The minimum Gasteiger partial charge on any atom is -0.497 e. The zero-order valence-corrected chi connectivity index (χ0v) is 15.2. The van der Waals surface area contributed by atoms with Crippen molar-refractivity contribution in [1.29, 1.82) is 0 Å². The molecule has 5 nitrogen and oxygen atoms in total. The molecule has 0 fully saturated rings. The molecule has 0 aromatic heterocycles. The van der Waals surface area contributed by atoms with Gasteiger partial charge in [-0.15, -0.1) is 12.4 Å². The lowest BCUT2D eigenvalue weighted by atomic mass is 10.1. The molecule has 0 aliphatic heterocycles. The van der Waals surface area contributed by atoms with E-state index in [1.807, 2.05) is 36.4 Å². The second-order valence-corrected chi connectivity index (χ2v) is 5.52. The summed E-state index contributed by atoms with van der Waals surface area (Å²) in [6.07, 6.45) is 1.15. The van der Waals surface area contributed by atoms with Gasteiger partial charge in [-0.2, -0.15) is 0 Å². The molecule has 0 spiro atoms. The molecule has 2 aromatic rings. The number of rotatable bonds is 9. The molecule has 3 N–H and O–H groups in total. The van der Waals surface area contributed by atoms with E-state index in [2.05, 4.69) is 5.32 Å². The molecule has 1 amide bonds. The van der Waals surface area contributed by atoms with Gasteiger partial charge >= 0.3 is 0 Å². The Morgan fingerprint density at radius 3 is 2.32 bits per heavy atom. The van der Waals surface area contributed by atoms with E-state index < -0.39 is 0 Å². The third-order valence-electron chi connectivity index (χ3n) is 3.56. The van der Waals surface area contributed by atoms with Crippen molar-refractivity contribution in [3.63, 3.8) is 0 Å². The first-order chi connectivity index (χ1) is 11.7. The van der Waals surface area contributed by atoms with Gasteiger partial charge in [0.15, 0.2) is 0 Å².